The SMILES string of the molecule is CC(C)(C)c1ccc(C(=O)N2CCCC(CCl)C2)cc1. The Morgan fingerprint density at radius 3 is 2.50 bits per heavy atom. The van der Waals surface area contributed by atoms with Gasteiger partial charge in [-0.25, -0.2) is 0 Å². The monoisotopic (exact) mass is 293 g/mol. The molecular weight excluding hydrogens is 270 g/mol. The Bertz CT molecular complexity index is 461. The third-order valence-corrected chi connectivity index (χ3v) is 4.46. The molecule has 1 fully saturated rings. The van der Waals surface area contributed by atoms with E-state index >= 15 is 0 Å². The molecule has 20 heavy (non-hydrogen) atoms. The first-order valence-electron chi connectivity index (χ1n) is 7.37. The summed E-state index contributed by atoms with van der Waals surface area (Å²) in [5.74, 6) is 1.23. The summed E-state index contributed by atoms with van der Waals surface area (Å²) in [6.45, 7) is 8.19. The van der Waals surface area contributed by atoms with Crippen LogP contribution < -0.4 is 0 Å². The van der Waals surface area contributed by atoms with Crippen molar-refractivity contribution in [3.63, 3.8) is 0 Å². The molecule has 3 heteroatoms. The van der Waals surface area contributed by atoms with E-state index in [2.05, 4.69) is 32.9 Å². The second-order valence-corrected chi connectivity index (χ2v) is 7.05. The lowest BCUT2D eigenvalue weighted by molar-refractivity contribution is 0.0685. The molecule has 2 rings (SSSR count). The number of halogens is 1. The summed E-state index contributed by atoms with van der Waals surface area (Å²) in [5.41, 5.74) is 2.16. The highest BCUT2D eigenvalue weighted by molar-refractivity contribution is 6.18. The van der Waals surface area contributed by atoms with Crippen molar-refractivity contribution in [1.29, 1.82) is 0 Å². The molecule has 1 aliphatic rings. The molecule has 0 aliphatic carbocycles. The Morgan fingerprint density at radius 2 is 1.95 bits per heavy atom. The summed E-state index contributed by atoms with van der Waals surface area (Å²) in [5, 5.41) is 0. The number of carbonyl (C=O) groups is 1. The molecule has 0 N–H and O–H groups in total. The lowest BCUT2D eigenvalue weighted by Gasteiger charge is -2.32. The van der Waals surface area contributed by atoms with Crippen molar-refractivity contribution in [2.24, 2.45) is 5.92 Å². The summed E-state index contributed by atoms with van der Waals surface area (Å²) in [6, 6.07) is 8.03. The molecule has 1 saturated heterocycles. The van der Waals surface area contributed by atoms with Crippen LogP contribution in [-0.4, -0.2) is 29.8 Å². The molecule has 2 nitrogen and oxygen atoms in total. The van der Waals surface area contributed by atoms with Gasteiger partial charge in [0.25, 0.3) is 5.91 Å². The van der Waals surface area contributed by atoms with E-state index in [4.69, 9.17) is 11.6 Å². The maximum atomic E-state index is 12.5. The fourth-order valence-electron chi connectivity index (χ4n) is 2.67. The molecule has 0 bridgehead atoms. The van der Waals surface area contributed by atoms with Gasteiger partial charge in [-0.2, -0.15) is 0 Å². The van der Waals surface area contributed by atoms with Crippen LogP contribution in [0.15, 0.2) is 24.3 Å². The third-order valence-electron chi connectivity index (χ3n) is 4.02. The number of carbonyl (C=O) groups excluding carboxylic acids is 1. The average molecular weight is 294 g/mol. The molecule has 0 spiro atoms. The molecule has 1 aliphatic heterocycles. The number of hydrogen-bond acceptors (Lipinski definition) is 1. The second-order valence-electron chi connectivity index (χ2n) is 6.74. The lowest BCUT2D eigenvalue weighted by atomic mass is 9.86. The van der Waals surface area contributed by atoms with E-state index < -0.39 is 0 Å². The van der Waals surface area contributed by atoms with Crippen molar-refractivity contribution in [2.45, 2.75) is 39.0 Å². The van der Waals surface area contributed by atoms with Crippen LogP contribution >= 0.6 is 11.6 Å². The fraction of sp³-hybridized carbons (Fsp3) is 0.588. The van der Waals surface area contributed by atoms with Gasteiger partial charge < -0.3 is 4.90 Å². The van der Waals surface area contributed by atoms with Crippen LogP contribution in [0.25, 0.3) is 0 Å². The molecule has 1 aromatic carbocycles. The minimum absolute atomic E-state index is 0.121. The molecule has 110 valence electrons. The minimum atomic E-state index is 0.121. The van der Waals surface area contributed by atoms with Gasteiger partial charge in [0.15, 0.2) is 0 Å². The molecule has 1 unspecified atom stereocenters. The van der Waals surface area contributed by atoms with Crippen LogP contribution in [0.3, 0.4) is 0 Å². The number of likely N-dealkylation sites (tertiary alicyclic amines) is 1. The third kappa shape index (κ3) is 3.54. The van der Waals surface area contributed by atoms with E-state index in [0.717, 1.165) is 31.5 Å². The molecular formula is C17H24ClNO. The van der Waals surface area contributed by atoms with Crippen molar-refractivity contribution in [3.8, 4) is 0 Å². The van der Waals surface area contributed by atoms with Crippen molar-refractivity contribution >= 4 is 17.5 Å². The molecule has 0 radical (unpaired) electrons. The standard InChI is InChI=1S/C17H24ClNO/c1-17(2,3)15-8-6-14(7-9-15)16(20)19-10-4-5-13(11-18)12-19/h6-9,13H,4-5,10-12H2,1-3H3. The largest absolute Gasteiger partial charge is 0.338 e. The van der Waals surface area contributed by atoms with Gasteiger partial charge in [-0.05, 0) is 41.9 Å². The number of alkyl halides is 1. The Kier molecular flexibility index (Phi) is 4.74. The maximum Gasteiger partial charge on any atom is 0.253 e. The van der Waals surface area contributed by atoms with Crippen molar-refractivity contribution in [3.05, 3.63) is 35.4 Å². The first kappa shape index (κ1) is 15.4. The van der Waals surface area contributed by atoms with E-state index in [9.17, 15) is 4.79 Å². The van der Waals surface area contributed by atoms with E-state index in [0.29, 0.717) is 11.8 Å². The molecule has 1 atom stereocenters. The van der Waals surface area contributed by atoms with Crippen LogP contribution in [0.1, 0.15) is 49.5 Å². The summed E-state index contributed by atoms with van der Waals surface area (Å²) in [4.78, 5) is 14.5. The van der Waals surface area contributed by atoms with E-state index in [1.54, 1.807) is 0 Å². The maximum absolute atomic E-state index is 12.5. The smallest absolute Gasteiger partial charge is 0.253 e. The van der Waals surface area contributed by atoms with Crippen LogP contribution in [0.4, 0.5) is 0 Å². The van der Waals surface area contributed by atoms with Crippen molar-refractivity contribution in [2.75, 3.05) is 19.0 Å². The quantitative estimate of drug-likeness (QED) is 0.753. The van der Waals surface area contributed by atoms with Gasteiger partial charge in [-0.1, -0.05) is 32.9 Å². The normalized spacial score (nSPS) is 20.0. The van der Waals surface area contributed by atoms with Crippen LogP contribution in [0.2, 0.25) is 0 Å². The second kappa shape index (κ2) is 6.17. The van der Waals surface area contributed by atoms with Crippen molar-refractivity contribution < 1.29 is 4.79 Å². The number of rotatable bonds is 2. The predicted octanol–water partition coefficient (Wildman–Crippen LogP) is 4.08. The van der Waals surface area contributed by atoms with Crippen molar-refractivity contribution in [1.82, 2.24) is 4.90 Å². The molecule has 1 amide bonds. The zero-order chi connectivity index (χ0) is 14.8. The zero-order valence-electron chi connectivity index (χ0n) is 12.7. The molecule has 1 heterocycles. The number of nitrogens with zero attached hydrogens (tertiary/aromatic N) is 1. The summed E-state index contributed by atoms with van der Waals surface area (Å²) in [6.07, 6.45) is 2.19. The molecule has 0 saturated carbocycles. The van der Waals surface area contributed by atoms with Gasteiger partial charge >= 0.3 is 0 Å². The number of benzene rings is 1. The Hall–Kier alpha value is -1.02. The fourth-order valence-corrected chi connectivity index (χ4v) is 2.92. The Balaban J connectivity index is 2.09. The number of amides is 1. The minimum Gasteiger partial charge on any atom is -0.338 e. The summed E-state index contributed by atoms with van der Waals surface area (Å²) in [7, 11) is 0. The number of hydrogen-bond donors (Lipinski definition) is 0. The Labute approximate surface area is 127 Å². The first-order valence-corrected chi connectivity index (χ1v) is 7.91. The van der Waals surface area contributed by atoms with Gasteiger partial charge in [0.1, 0.15) is 0 Å². The average Bonchev–Trinajstić information content (AvgIpc) is 2.46. The lowest BCUT2D eigenvalue weighted by Crippen LogP contribution is -2.40. The highest BCUT2D eigenvalue weighted by Crippen LogP contribution is 2.24. The first-order chi connectivity index (χ1) is 9.41. The van der Waals surface area contributed by atoms with Crippen LogP contribution in [-0.2, 0) is 5.41 Å². The highest BCUT2D eigenvalue weighted by atomic mass is 35.5. The highest BCUT2D eigenvalue weighted by Gasteiger charge is 2.24. The van der Waals surface area contributed by atoms with E-state index in [1.165, 1.54) is 5.56 Å². The zero-order valence-corrected chi connectivity index (χ0v) is 13.4. The molecule has 1 aromatic rings. The van der Waals surface area contributed by atoms with Crippen LogP contribution in [0.5, 0.6) is 0 Å². The molecule has 0 aromatic heterocycles. The van der Waals surface area contributed by atoms with E-state index in [-0.39, 0.29) is 11.3 Å². The van der Waals surface area contributed by atoms with Gasteiger partial charge in [0.2, 0.25) is 0 Å². The summed E-state index contributed by atoms with van der Waals surface area (Å²) < 4.78 is 0. The van der Waals surface area contributed by atoms with Gasteiger partial charge in [0, 0.05) is 24.5 Å². The number of piperidine rings is 1. The van der Waals surface area contributed by atoms with Gasteiger partial charge in [0.05, 0.1) is 0 Å². The van der Waals surface area contributed by atoms with Gasteiger partial charge in [-0.3, -0.25) is 4.79 Å². The Morgan fingerprint density at radius 1 is 1.30 bits per heavy atom. The predicted molar refractivity (Wildman–Crippen MR) is 84.5 cm³/mol. The summed E-state index contributed by atoms with van der Waals surface area (Å²) >= 11 is 5.93. The van der Waals surface area contributed by atoms with Gasteiger partial charge in [-0.15, -0.1) is 11.6 Å². The topological polar surface area (TPSA) is 20.3 Å². The van der Waals surface area contributed by atoms with E-state index in [1.807, 2.05) is 17.0 Å². The van der Waals surface area contributed by atoms with Crippen LogP contribution in [0, 0.1) is 5.92 Å².